The van der Waals surface area contributed by atoms with Crippen LogP contribution >= 0.6 is 9.90 Å². The van der Waals surface area contributed by atoms with Crippen LogP contribution < -0.4 is 0 Å². The average molecular weight is 136 g/mol. The van der Waals surface area contributed by atoms with Crippen LogP contribution in [0.5, 0.6) is 0 Å². The van der Waals surface area contributed by atoms with Gasteiger partial charge in [-0.1, -0.05) is 36.5 Å². The summed E-state index contributed by atoms with van der Waals surface area (Å²) in [5.41, 5.74) is 2.70. The Labute approximate surface area is 58.3 Å². The maximum Gasteiger partial charge on any atom is -0.0184 e. The van der Waals surface area contributed by atoms with Gasteiger partial charge in [-0.3, -0.25) is 0 Å². The molecule has 2 aliphatic carbocycles. The third-order valence-electron chi connectivity index (χ3n) is 1.44. The maximum atomic E-state index is 2.12. The van der Waals surface area contributed by atoms with Gasteiger partial charge in [-0.05, 0) is 11.1 Å². The van der Waals surface area contributed by atoms with Gasteiger partial charge >= 0.3 is 0 Å². The van der Waals surface area contributed by atoms with E-state index in [2.05, 4.69) is 36.5 Å². The molecule has 0 nitrogen and oxygen atoms in total. The van der Waals surface area contributed by atoms with Crippen molar-refractivity contribution in [2.75, 3.05) is 0 Å². The first-order valence-corrected chi connectivity index (χ1v) is 2.74. The van der Waals surface area contributed by atoms with Crippen LogP contribution in [0.25, 0.3) is 0 Å². The zero-order valence-electron chi connectivity index (χ0n) is 5.17. The van der Waals surface area contributed by atoms with Gasteiger partial charge in [-0.15, -0.1) is 0 Å². The molecule has 0 aromatic heterocycles. The van der Waals surface area contributed by atoms with Gasteiger partial charge in [0.25, 0.3) is 0 Å². The van der Waals surface area contributed by atoms with Gasteiger partial charge in [0.1, 0.15) is 0 Å². The predicted molar refractivity (Wildman–Crippen MR) is 45.6 cm³/mol. The molecule has 1 unspecified atom stereocenters. The lowest BCUT2D eigenvalue weighted by Gasteiger charge is -1.85. The van der Waals surface area contributed by atoms with Crippen molar-refractivity contribution in [1.82, 2.24) is 0 Å². The summed E-state index contributed by atoms with van der Waals surface area (Å²) in [4.78, 5) is 0. The lowest BCUT2D eigenvalue weighted by Crippen LogP contribution is -1.67. The summed E-state index contributed by atoms with van der Waals surface area (Å²) < 4.78 is 0. The molecule has 0 aromatic carbocycles. The van der Waals surface area contributed by atoms with Crippen LogP contribution in [-0.4, -0.2) is 0 Å². The molecule has 0 amide bonds. The minimum absolute atomic E-state index is 0. The van der Waals surface area contributed by atoms with Crippen molar-refractivity contribution in [3.05, 3.63) is 47.6 Å². The van der Waals surface area contributed by atoms with E-state index in [1.807, 2.05) is 0 Å². The van der Waals surface area contributed by atoms with Crippen LogP contribution in [0.4, 0.5) is 0 Å². The number of rotatable bonds is 0. The molecule has 0 aliphatic heterocycles. The van der Waals surface area contributed by atoms with Gasteiger partial charge in [0.05, 0.1) is 0 Å². The highest BCUT2D eigenvalue weighted by molar-refractivity contribution is 6.92. The molecule has 0 saturated carbocycles. The van der Waals surface area contributed by atoms with E-state index in [0.29, 0.717) is 0 Å². The SMILES string of the molecule is C1=CC2=CC=CC2=C1.P. The second kappa shape index (κ2) is 2.33. The normalized spacial score (nSPS) is 18.7. The largest absolute Gasteiger partial charge is 0.153 e. The van der Waals surface area contributed by atoms with Crippen molar-refractivity contribution < 1.29 is 0 Å². The highest BCUT2D eigenvalue weighted by Gasteiger charge is 2.04. The first-order chi connectivity index (χ1) is 3.97. The van der Waals surface area contributed by atoms with E-state index >= 15 is 0 Å². The fourth-order valence-electron chi connectivity index (χ4n) is 1.01. The average Bonchev–Trinajstić information content (AvgIpc) is 2.15. The van der Waals surface area contributed by atoms with E-state index in [1.165, 1.54) is 11.1 Å². The molecule has 0 bridgehead atoms. The maximum absolute atomic E-state index is 2.12. The lowest BCUT2D eigenvalue weighted by atomic mass is 10.2. The molecule has 0 spiro atoms. The number of hydrogen-bond donors (Lipinski definition) is 0. The summed E-state index contributed by atoms with van der Waals surface area (Å²) in [6, 6.07) is 0. The zero-order chi connectivity index (χ0) is 5.40. The summed E-state index contributed by atoms with van der Waals surface area (Å²) in [6.45, 7) is 0. The number of allylic oxidation sites excluding steroid dienone is 8. The molecule has 9 heavy (non-hydrogen) atoms. The molecule has 0 N–H and O–H groups in total. The number of fused-ring (bicyclic) bond motifs is 1. The molecule has 0 fully saturated rings. The van der Waals surface area contributed by atoms with E-state index in [0.717, 1.165) is 0 Å². The van der Waals surface area contributed by atoms with Crippen LogP contribution in [0, 0.1) is 0 Å². The third kappa shape index (κ3) is 0.906. The quantitative estimate of drug-likeness (QED) is 0.447. The van der Waals surface area contributed by atoms with E-state index in [1.54, 1.807) is 0 Å². The molecule has 0 radical (unpaired) electrons. The van der Waals surface area contributed by atoms with Gasteiger partial charge in [-0.2, -0.15) is 9.90 Å². The van der Waals surface area contributed by atoms with Crippen molar-refractivity contribution >= 4 is 9.90 Å². The van der Waals surface area contributed by atoms with Crippen LogP contribution in [0.1, 0.15) is 0 Å². The van der Waals surface area contributed by atoms with Crippen molar-refractivity contribution in [2.45, 2.75) is 0 Å². The molecular weight excluding hydrogens is 127 g/mol. The molecule has 0 aromatic rings. The van der Waals surface area contributed by atoms with E-state index < -0.39 is 0 Å². The van der Waals surface area contributed by atoms with Gasteiger partial charge < -0.3 is 0 Å². The second-order valence-electron chi connectivity index (χ2n) is 1.96. The summed E-state index contributed by atoms with van der Waals surface area (Å²) in [7, 11) is 0. The summed E-state index contributed by atoms with van der Waals surface area (Å²) in [6.07, 6.45) is 12.6. The van der Waals surface area contributed by atoms with Crippen molar-refractivity contribution in [3.8, 4) is 0 Å². The Morgan fingerprint density at radius 1 is 0.778 bits per heavy atom. The zero-order valence-corrected chi connectivity index (χ0v) is 6.59. The van der Waals surface area contributed by atoms with Gasteiger partial charge in [0.15, 0.2) is 0 Å². The fraction of sp³-hybridized carbons (Fsp3) is 0. The second-order valence-corrected chi connectivity index (χ2v) is 1.96. The van der Waals surface area contributed by atoms with E-state index in [9.17, 15) is 0 Å². The minimum Gasteiger partial charge on any atom is -0.153 e. The van der Waals surface area contributed by atoms with Crippen molar-refractivity contribution in [2.24, 2.45) is 0 Å². The van der Waals surface area contributed by atoms with Crippen molar-refractivity contribution in [1.29, 1.82) is 0 Å². The molecule has 46 valence electrons. The standard InChI is InChI=1S/C8H6.H3P/c1-3-7-5-2-6-8(7)4-1;/h1-6H;1H3. The number of hydrogen-bond acceptors (Lipinski definition) is 0. The molecule has 2 aliphatic rings. The molecule has 0 heterocycles. The Hall–Kier alpha value is -0.610. The Kier molecular flexibility index (Phi) is 1.68. The molecule has 2 rings (SSSR count). The van der Waals surface area contributed by atoms with Crippen molar-refractivity contribution in [3.63, 3.8) is 0 Å². The van der Waals surface area contributed by atoms with Crippen LogP contribution in [-0.2, 0) is 0 Å². The minimum atomic E-state index is 0. The smallest absolute Gasteiger partial charge is 0.0184 e. The lowest BCUT2D eigenvalue weighted by molar-refractivity contribution is 1.69. The molecule has 0 saturated heterocycles. The Morgan fingerprint density at radius 3 is 1.67 bits per heavy atom. The first-order valence-electron chi connectivity index (χ1n) is 2.74. The molecule has 1 atom stereocenters. The highest BCUT2D eigenvalue weighted by atomic mass is 31.0. The Bertz CT molecular complexity index is 203. The first kappa shape index (κ1) is 6.51. The Balaban J connectivity index is 0.000000405. The van der Waals surface area contributed by atoms with E-state index in [-0.39, 0.29) is 9.90 Å². The van der Waals surface area contributed by atoms with Crippen LogP contribution in [0.3, 0.4) is 0 Å². The summed E-state index contributed by atoms with van der Waals surface area (Å²) in [5.74, 6) is 0. The van der Waals surface area contributed by atoms with Gasteiger partial charge in [0.2, 0.25) is 0 Å². The summed E-state index contributed by atoms with van der Waals surface area (Å²) >= 11 is 0. The molecular formula is C8H9P. The third-order valence-corrected chi connectivity index (χ3v) is 1.44. The summed E-state index contributed by atoms with van der Waals surface area (Å²) in [5, 5.41) is 0. The Morgan fingerprint density at radius 2 is 1.22 bits per heavy atom. The fourth-order valence-corrected chi connectivity index (χ4v) is 1.01. The van der Waals surface area contributed by atoms with E-state index in [4.69, 9.17) is 0 Å². The molecule has 1 heteroatoms. The highest BCUT2D eigenvalue weighted by Crippen LogP contribution is 2.23. The topological polar surface area (TPSA) is 0 Å². The van der Waals surface area contributed by atoms with Crippen LogP contribution in [0.15, 0.2) is 47.6 Å². The van der Waals surface area contributed by atoms with Gasteiger partial charge in [0, 0.05) is 0 Å². The van der Waals surface area contributed by atoms with Gasteiger partial charge in [-0.25, -0.2) is 0 Å². The van der Waals surface area contributed by atoms with Crippen LogP contribution in [0.2, 0.25) is 0 Å². The monoisotopic (exact) mass is 136 g/mol. The predicted octanol–water partition coefficient (Wildman–Crippen LogP) is 2.04.